The summed E-state index contributed by atoms with van der Waals surface area (Å²) in [5.41, 5.74) is 0. The molecule has 1 amide bonds. The van der Waals surface area contributed by atoms with Gasteiger partial charge in [-0.05, 0) is 31.6 Å². The Morgan fingerprint density at radius 1 is 1.26 bits per heavy atom. The molecular weight excluding hydrogens is 332 g/mol. The molecule has 0 saturated carbocycles. The molecule has 126 valence electrons. The van der Waals surface area contributed by atoms with Gasteiger partial charge in [-0.25, -0.2) is 8.42 Å². The van der Waals surface area contributed by atoms with Crippen molar-refractivity contribution in [2.24, 2.45) is 0 Å². The molecule has 0 bridgehead atoms. The molecule has 0 radical (unpaired) electrons. The van der Waals surface area contributed by atoms with E-state index in [0.29, 0.717) is 18.8 Å². The predicted octanol–water partition coefficient (Wildman–Crippen LogP) is 1.40. The van der Waals surface area contributed by atoms with E-state index in [1.165, 1.54) is 4.88 Å². The Morgan fingerprint density at radius 3 is 2.57 bits per heavy atom. The maximum Gasteiger partial charge on any atom is 0.246 e. The van der Waals surface area contributed by atoms with Crippen molar-refractivity contribution >= 4 is 33.2 Å². The number of hydrogen-bond acceptors (Lipinski definition) is 5. The zero-order chi connectivity index (χ0) is 16.4. The van der Waals surface area contributed by atoms with Gasteiger partial charge in [0.2, 0.25) is 5.91 Å². The summed E-state index contributed by atoms with van der Waals surface area (Å²) in [5.74, 6) is 0.619. The molecule has 1 atom stereocenters. The minimum atomic E-state index is -2.84. The van der Waals surface area contributed by atoms with Crippen molar-refractivity contribution in [1.82, 2.24) is 9.80 Å². The van der Waals surface area contributed by atoms with Crippen molar-refractivity contribution in [2.75, 3.05) is 37.7 Å². The van der Waals surface area contributed by atoms with E-state index in [-0.39, 0.29) is 17.7 Å². The SMILES string of the molecule is Cc1ccc(/C=C/C(=O)N2CCN([C@@H]3CCS(=O)(=O)C3)CC2)s1. The van der Waals surface area contributed by atoms with Gasteiger partial charge in [0.1, 0.15) is 0 Å². The lowest BCUT2D eigenvalue weighted by Crippen LogP contribution is -2.52. The lowest BCUT2D eigenvalue weighted by atomic mass is 10.2. The van der Waals surface area contributed by atoms with E-state index >= 15 is 0 Å². The Hall–Kier alpha value is -1.18. The van der Waals surface area contributed by atoms with Gasteiger partial charge in [-0.2, -0.15) is 0 Å². The number of hydrogen-bond donors (Lipinski definition) is 0. The van der Waals surface area contributed by atoms with Gasteiger partial charge in [0.15, 0.2) is 9.84 Å². The molecule has 2 fully saturated rings. The summed E-state index contributed by atoms with van der Waals surface area (Å²) >= 11 is 1.67. The largest absolute Gasteiger partial charge is 0.337 e. The monoisotopic (exact) mass is 354 g/mol. The summed E-state index contributed by atoms with van der Waals surface area (Å²) in [4.78, 5) is 18.6. The number of thiophene rings is 1. The topological polar surface area (TPSA) is 57.7 Å². The molecule has 5 nitrogen and oxygen atoms in total. The van der Waals surface area contributed by atoms with Gasteiger partial charge in [0.25, 0.3) is 0 Å². The third kappa shape index (κ3) is 4.22. The Morgan fingerprint density at radius 2 is 2.00 bits per heavy atom. The van der Waals surface area contributed by atoms with Gasteiger partial charge in [-0.3, -0.25) is 9.69 Å². The minimum Gasteiger partial charge on any atom is -0.337 e. The van der Waals surface area contributed by atoms with Crippen molar-refractivity contribution < 1.29 is 13.2 Å². The zero-order valence-corrected chi connectivity index (χ0v) is 14.9. The van der Waals surface area contributed by atoms with E-state index in [0.717, 1.165) is 24.4 Å². The fourth-order valence-electron chi connectivity index (χ4n) is 3.17. The number of amides is 1. The molecule has 0 unspecified atom stereocenters. The molecule has 1 aromatic rings. The van der Waals surface area contributed by atoms with Crippen molar-refractivity contribution in [3.05, 3.63) is 28.0 Å². The Balaban J connectivity index is 1.50. The molecule has 3 rings (SSSR count). The van der Waals surface area contributed by atoms with Crippen LogP contribution in [-0.2, 0) is 14.6 Å². The zero-order valence-electron chi connectivity index (χ0n) is 13.3. The average molecular weight is 354 g/mol. The quantitative estimate of drug-likeness (QED) is 0.770. The van der Waals surface area contributed by atoms with E-state index in [2.05, 4.69) is 4.90 Å². The molecule has 0 spiro atoms. The fourth-order valence-corrected chi connectivity index (χ4v) is 5.71. The maximum absolute atomic E-state index is 12.2. The van der Waals surface area contributed by atoms with Crippen LogP contribution in [0.4, 0.5) is 0 Å². The number of rotatable bonds is 3. The summed E-state index contributed by atoms with van der Waals surface area (Å²) in [6.45, 7) is 4.91. The van der Waals surface area contributed by atoms with Crippen LogP contribution >= 0.6 is 11.3 Å². The van der Waals surface area contributed by atoms with Crippen molar-refractivity contribution in [1.29, 1.82) is 0 Å². The number of nitrogens with zero attached hydrogens (tertiary/aromatic N) is 2. The number of piperazine rings is 1. The number of carbonyl (C=O) groups excluding carboxylic acids is 1. The van der Waals surface area contributed by atoms with Gasteiger partial charge in [0.05, 0.1) is 11.5 Å². The summed E-state index contributed by atoms with van der Waals surface area (Å²) < 4.78 is 23.2. The van der Waals surface area contributed by atoms with Crippen molar-refractivity contribution in [3.8, 4) is 0 Å². The molecular formula is C16H22N2O3S2. The van der Waals surface area contributed by atoms with Crippen molar-refractivity contribution in [3.63, 3.8) is 0 Å². The second-order valence-corrected chi connectivity index (χ2v) is 9.75. The lowest BCUT2D eigenvalue weighted by molar-refractivity contribution is -0.127. The third-order valence-corrected chi connectivity index (χ3v) is 7.22. The van der Waals surface area contributed by atoms with Crippen LogP contribution in [0.5, 0.6) is 0 Å². The molecule has 1 aromatic heterocycles. The van der Waals surface area contributed by atoms with E-state index in [4.69, 9.17) is 0 Å². The standard InChI is InChI=1S/C16H22N2O3S2/c1-13-2-3-15(22-13)4-5-16(19)18-9-7-17(8-10-18)14-6-11-23(20,21)12-14/h2-5,14H,6-12H2,1H3/b5-4+/t14-/m1/s1. The Labute approximate surface area is 141 Å². The molecule has 3 heterocycles. The van der Waals surface area contributed by atoms with Crippen LogP contribution in [0, 0.1) is 6.92 Å². The van der Waals surface area contributed by atoms with E-state index in [1.807, 2.05) is 30.0 Å². The molecule has 0 aromatic carbocycles. The Bertz CT molecular complexity index is 701. The Kier molecular flexibility index (Phi) is 4.89. The fraction of sp³-hybridized carbons (Fsp3) is 0.562. The summed E-state index contributed by atoms with van der Waals surface area (Å²) in [5, 5.41) is 0. The predicted molar refractivity (Wildman–Crippen MR) is 93.3 cm³/mol. The normalized spacial score (nSPS) is 25.3. The second kappa shape index (κ2) is 6.75. The van der Waals surface area contributed by atoms with Crippen LogP contribution in [0.2, 0.25) is 0 Å². The first-order chi connectivity index (χ1) is 10.9. The van der Waals surface area contributed by atoms with Crippen LogP contribution in [0.1, 0.15) is 16.2 Å². The lowest BCUT2D eigenvalue weighted by Gasteiger charge is -2.37. The van der Waals surface area contributed by atoms with Crippen molar-refractivity contribution in [2.45, 2.75) is 19.4 Å². The number of aryl methyl sites for hydroxylation is 1. The first-order valence-electron chi connectivity index (χ1n) is 7.91. The highest BCUT2D eigenvalue weighted by Crippen LogP contribution is 2.20. The molecule has 0 aliphatic carbocycles. The van der Waals surface area contributed by atoms with Gasteiger partial charge in [-0.1, -0.05) is 0 Å². The van der Waals surface area contributed by atoms with Gasteiger partial charge >= 0.3 is 0 Å². The van der Waals surface area contributed by atoms with E-state index < -0.39 is 9.84 Å². The smallest absolute Gasteiger partial charge is 0.246 e. The average Bonchev–Trinajstić information content (AvgIpc) is 3.10. The molecule has 2 aliphatic rings. The summed E-state index contributed by atoms with van der Waals surface area (Å²) in [6.07, 6.45) is 4.24. The highest BCUT2D eigenvalue weighted by Gasteiger charge is 2.34. The summed E-state index contributed by atoms with van der Waals surface area (Å²) in [7, 11) is -2.84. The highest BCUT2D eigenvalue weighted by atomic mass is 32.2. The molecule has 7 heteroatoms. The third-order valence-electron chi connectivity index (χ3n) is 4.50. The highest BCUT2D eigenvalue weighted by molar-refractivity contribution is 7.91. The summed E-state index contributed by atoms with van der Waals surface area (Å²) in [6, 6.07) is 4.20. The first kappa shape index (κ1) is 16.7. The van der Waals surface area contributed by atoms with Gasteiger partial charge in [0, 0.05) is 48.1 Å². The van der Waals surface area contributed by atoms with E-state index in [9.17, 15) is 13.2 Å². The first-order valence-corrected chi connectivity index (χ1v) is 10.5. The second-order valence-electron chi connectivity index (χ2n) is 6.20. The van der Waals surface area contributed by atoms with Crippen LogP contribution < -0.4 is 0 Å². The molecule has 2 aliphatic heterocycles. The molecule has 0 N–H and O–H groups in total. The number of sulfone groups is 1. The van der Waals surface area contributed by atoms with Gasteiger partial charge in [-0.15, -0.1) is 11.3 Å². The molecule has 2 saturated heterocycles. The van der Waals surface area contributed by atoms with E-state index in [1.54, 1.807) is 17.4 Å². The van der Waals surface area contributed by atoms with Crippen LogP contribution in [-0.4, -0.2) is 67.9 Å². The van der Waals surface area contributed by atoms with Crippen LogP contribution in [0.15, 0.2) is 18.2 Å². The number of carbonyl (C=O) groups is 1. The van der Waals surface area contributed by atoms with Crippen LogP contribution in [0.25, 0.3) is 6.08 Å². The minimum absolute atomic E-state index is 0.0368. The maximum atomic E-state index is 12.2. The van der Waals surface area contributed by atoms with Gasteiger partial charge < -0.3 is 4.90 Å². The molecule has 23 heavy (non-hydrogen) atoms. The van der Waals surface area contributed by atoms with Crippen LogP contribution in [0.3, 0.4) is 0 Å².